The van der Waals surface area contributed by atoms with E-state index in [1.807, 2.05) is 0 Å². The van der Waals surface area contributed by atoms with Gasteiger partial charge in [-0.3, -0.25) is 0 Å². The fourth-order valence-electron chi connectivity index (χ4n) is 1.69. The Morgan fingerprint density at radius 2 is 2.00 bits per heavy atom. The first-order valence-corrected chi connectivity index (χ1v) is 5.72. The average molecular weight is 290 g/mol. The van der Waals surface area contributed by atoms with Gasteiger partial charge < -0.3 is 15.2 Å². The zero-order chi connectivity index (χ0) is 11.9. The monoisotopic (exact) mass is 289 g/mol. The van der Waals surface area contributed by atoms with Crippen LogP contribution in [-0.2, 0) is 5.54 Å². The second kappa shape index (κ2) is 3.89. The predicted octanol–water partition coefficient (Wildman–Crippen LogP) is 2.55. The molecule has 2 N–H and O–H groups in total. The highest BCUT2D eigenvalue weighted by molar-refractivity contribution is 9.10. The van der Waals surface area contributed by atoms with Crippen LogP contribution in [0.4, 0.5) is 4.39 Å². The predicted molar refractivity (Wildman–Crippen MR) is 62.3 cm³/mol. The number of hydrogen-bond acceptors (Lipinski definition) is 3. The van der Waals surface area contributed by atoms with Crippen LogP contribution in [0.15, 0.2) is 10.5 Å². The zero-order valence-corrected chi connectivity index (χ0v) is 10.7. The Labute approximate surface area is 102 Å². The molecule has 5 heteroatoms. The lowest BCUT2D eigenvalue weighted by atomic mass is 10.0. The first-order valence-electron chi connectivity index (χ1n) is 4.93. The third-order valence-corrected chi connectivity index (χ3v) is 3.59. The maximum Gasteiger partial charge on any atom is 0.177 e. The smallest absolute Gasteiger partial charge is 0.177 e. The molecular weight excluding hydrogens is 277 g/mol. The molecule has 0 bridgehead atoms. The third kappa shape index (κ3) is 1.68. The van der Waals surface area contributed by atoms with Crippen molar-refractivity contribution in [2.24, 2.45) is 5.73 Å². The van der Waals surface area contributed by atoms with Crippen LogP contribution in [0.25, 0.3) is 0 Å². The molecule has 0 heterocycles. The topological polar surface area (TPSA) is 44.5 Å². The molecule has 1 aromatic rings. The Kier molecular flexibility index (Phi) is 2.84. The summed E-state index contributed by atoms with van der Waals surface area (Å²) >= 11 is 3.17. The summed E-state index contributed by atoms with van der Waals surface area (Å²) in [4.78, 5) is 0. The molecule has 1 aliphatic carbocycles. The largest absolute Gasteiger partial charge is 0.493 e. The summed E-state index contributed by atoms with van der Waals surface area (Å²) in [6.45, 7) is 0. The minimum absolute atomic E-state index is 0.265. The Morgan fingerprint density at radius 3 is 2.44 bits per heavy atom. The van der Waals surface area contributed by atoms with Crippen LogP contribution in [0.3, 0.4) is 0 Å². The van der Waals surface area contributed by atoms with Gasteiger partial charge in [-0.2, -0.15) is 0 Å². The van der Waals surface area contributed by atoms with E-state index in [-0.39, 0.29) is 10.3 Å². The van der Waals surface area contributed by atoms with Crippen molar-refractivity contribution < 1.29 is 13.9 Å². The molecule has 1 fully saturated rings. The van der Waals surface area contributed by atoms with E-state index in [2.05, 4.69) is 15.9 Å². The molecule has 1 aliphatic rings. The summed E-state index contributed by atoms with van der Waals surface area (Å²) in [5.74, 6) is 0.480. The molecule has 88 valence electrons. The Morgan fingerprint density at radius 1 is 1.38 bits per heavy atom. The summed E-state index contributed by atoms with van der Waals surface area (Å²) in [5, 5.41) is 0. The molecule has 0 saturated heterocycles. The van der Waals surface area contributed by atoms with Crippen molar-refractivity contribution in [1.29, 1.82) is 0 Å². The third-order valence-electron chi connectivity index (χ3n) is 2.88. The first-order chi connectivity index (χ1) is 7.53. The molecule has 0 radical (unpaired) electrons. The highest BCUT2D eigenvalue weighted by atomic mass is 79.9. The lowest BCUT2D eigenvalue weighted by Crippen LogP contribution is -2.21. The van der Waals surface area contributed by atoms with E-state index < -0.39 is 5.54 Å². The van der Waals surface area contributed by atoms with Crippen LogP contribution in [0.1, 0.15) is 18.4 Å². The van der Waals surface area contributed by atoms with E-state index in [4.69, 9.17) is 15.2 Å². The highest BCUT2D eigenvalue weighted by Crippen LogP contribution is 2.49. The van der Waals surface area contributed by atoms with E-state index in [1.54, 1.807) is 6.07 Å². The molecule has 0 unspecified atom stereocenters. The van der Waals surface area contributed by atoms with Crippen LogP contribution >= 0.6 is 15.9 Å². The molecule has 1 saturated carbocycles. The molecule has 16 heavy (non-hydrogen) atoms. The summed E-state index contributed by atoms with van der Waals surface area (Å²) in [7, 11) is 2.99. The van der Waals surface area contributed by atoms with Gasteiger partial charge in [-0.1, -0.05) is 0 Å². The van der Waals surface area contributed by atoms with Gasteiger partial charge in [0.2, 0.25) is 0 Å². The second-order valence-electron chi connectivity index (χ2n) is 3.94. The molecule has 0 atom stereocenters. The fraction of sp³-hybridized carbons (Fsp3) is 0.455. The molecular formula is C11H13BrFNO2. The molecule has 0 aliphatic heterocycles. The van der Waals surface area contributed by atoms with Crippen molar-refractivity contribution in [3.05, 3.63) is 21.9 Å². The molecule has 0 spiro atoms. The zero-order valence-electron chi connectivity index (χ0n) is 9.14. The van der Waals surface area contributed by atoms with Gasteiger partial charge in [0.05, 0.1) is 18.7 Å². The van der Waals surface area contributed by atoms with Crippen LogP contribution in [0, 0.1) is 5.82 Å². The van der Waals surface area contributed by atoms with Crippen molar-refractivity contribution in [1.82, 2.24) is 0 Å². The second-order valence-corrected chi connectivity index (χ2v) is 4.74. The van der Waals surface area contributed by atoms with Gasteiger partial charge in [-0.05, 0) is 34.8 Å². The molecule has 3 nitrogen and oxygen atoms in total. The highest BCUT2D eigenvalue weighted by Gasteiger charge is 2.43. The molecule has 0 aromatic heterocycles. The first kappa shape index (κ1) is 11.7. The van der Waals surface area contributed by atoms with Gasteiger partial charge in [-0.15, -0.1) is 0 Å². The van der Waals surface area contributed by atoms with Gasteiger partial charge in [-0.25, -0.2) is 4.39 Å². The fourth-order valence-corrected chi connectivity index (χ4v) is 2.27. The van der Waals surface area contributed by atoms with E-state index in [0.717, 1.165) is 12.8 Å². The Bertz CT molecular complexity index is 432. The maximum atomic E-state index is 14.0. The van der Waals surface area contributed by atoms with Gasteiger partial charge in [0.25, 0.3) is 0 Å². The van der Waals surface area contributed by atoms with Gasteiger partial charge >= 0.3 is 0 Å². The quantitative estimate of drug-likeness (QED) is 0.930. The Hall–Kier alpha value is -0.810. The Balaban J connectivity index is 2.60. The number of halogens is 2. The number of hydrogen-bond donors (Lipinski definition) is 1. The van der Waals surface area contributed by atoms with Crippen LogP contribution in [0.2, 0.25) is 0 Å². The van der Waals surface area contributed by atoms with Crippen molar-refractivity contribution in [2.45, 2.75) is 18.4 Å². The van der Waals surface area contributed by atoms with E-state index in [1.165, 1.54) is 14.2 Å². The molecule has 1 aromatic carbocycles. The summed E-state index contributed by atoms with van der Waals surface area (Å²) in [6, 6.07) is 1.62. The SMILES string of the molecule is COc1cc(C2(N)CC2)c(F)c(Br)c1OC. The van der Waals surface area contributed by atoms with E-state index in [0.29, 0.717) is 17.1 Å². The van der Waals surface area contributed by atoms with Crippen LogP contribution < -0.4 is 15.2 Å². The van der Waals surface area contributed by atoms with Crippen LogP contribution in [0.5, 0.6) is 11.5 Å². The lowest BCUT2D eigenvalue weighted by molar-refractivity contribution is 0.348. The van der Waals surface area contributed by atoms with Gasteiger partial charge in [0.15, 0.2) is 11.5 Å². The minimum Gasteiger partial charge on any atom is -0.493 e. The minimum atomic E-state index is -0.536. The lowest BCUT2D eigenvalue weighted by Gasteiger charge is -2.16. The van der Waals surface area contributed by atoms with Gasteiger partial charge in [0, 0.05) is 11.1 Å². The van der Waals surface area contributed by atoms with Crippen molar-refractivity contribution in [3.63, 3.8) is 0 Å². The summed E-state index contributed by atoms with van der Waals surface area (Å²) < 4.78 is 24.5. The number of nitrogens with two attached hydrogens (primary N) is 1. The average Bonchev–Trinajstić information content (AvgIpc) is 3.01. The van der Waals surface area contributed by atoms with Crippen molar-refractivity contribution in [3.8, 4) is 11.5 Å². The molecule has 2 rings (SSSR count). The standard InChI is InChI=1S/C11H13BrFNO2/c1-15-7-5-6(11(14)3-4-11)9(13)8(12)10(7)16-2/h5H,3-4,14H2,1-2H3. The number of rotatable bonds is 3. The van der Waals surface area contributed by atoms with Crippen LogP contribution in [-0.4, -0.2) is 14.2 Å². The van der Waals surface area contributed by atoms with E-state index >= 15 is 0 Å². The molecule has 0 amide bonds. The summed E-state index contributed by atoms with van der Waals surface area (Å²) in [6.07, 6.45) is 1.59. The van der Waals surface area contributed by atoms with E-state index in [9.17, 15) is 4.39 Å². The van der Waals surface area contributed by atoms with Crippen molar-refractivity contribution in [2.75, 3.05) is 14.2 Å². The normalized spacial score (nSPS) is 17.1. The van der Waals surface area contributed by atoms with Crippen molar-refractivity contribution >= 4 is 15.9 Å². The number of ether oxygens (including phenoxy) is 2. The number of methoxy groups -OCH3 is 2. The summed E-state index contributed by atoms with van der Waals surface area (Å²) in [5.41, 5.74) is 5.94. The maximum absolute atomic E-state index is 14.0. The number of benzene rings is 1. The van der Waals surface area contributed by atoms with Gasteiger partial charge in [0.1, 0.15) is 5.82 Å².